The van der Waals surface area contributed by atoms with Crippen molar-refractivity contribution in [2.45, 2.75) is 89.7 Å². The fraction of sp³-hybridized carbons (Fsp3) is 1.00. The minimum atomic E-state index is -0.527. The fourth-order valence-electron chi connectivity index (χ4n) is 4.79. The SMILES string of the molecule is CCCC[N+]1(CC(O)COC2CC(C)(C)N([O])C(C)(C)C2)CC(O)C1. The zero-order valence-electron chi connectivity index (χ0n) is 16.7. The Morgan fingerprint density at radius 2 is 1.76 bits per heavy atom. The number of hydrogen-bond acceptors (Lipinski definition) is 4. The lowest BCUT2D eigenvalue weighted by molar-refractivity contribution is -0.974. The Labute approximate surface area is 152 Å². The van der Waals surface area contributed by atoms with Crippen LogP contribution in [0.3, 0.4) is 0 Å². The lowest BCUT2D eigenvalue weighted by atomic mass is 9.80. The Balaban J connectivity index is 1.84. The Kier molecular flexibility index (Phi) is 6.56. The van der Waals surface area contributed by atoms with E-state index in [1.54, 1.807) is 0 Å². The molecule has 147 valence electrons. The van der Waals surface area contributed by atoms with E-state index >= 15 is 0 Å². The van der Waals surface area contributed by atoms with E-state index < -0.39 is 17.2 Å². The van der Waals surface area contributed by atoms with Gasteiger partial charge < -0.3 is 19.4 Å². The lowest BCUT2D eigenvalue weighted by Gasteiger charge is -2.50. The van der Waals surface area contributed by atoms with Crippen LogP contribution in [0.5, 0.6) is 0 Å². The minimum Gasteiger partial charge on any atom is -0.385 e. The van der Waals surface area contributed by atoms with Crippen molar-refractivity contribution in [3.8, 4) is 0 Å². The van der Waals surface area contributed by atoms with Crippen molar-refractivity contribution in [1.82, 2.24) is 5.06 Å². The number of nitrogens with zero attached hydrogens (tertiary/aromatic N) is 2. The van der Waals surface area contributed by atoms with Gasteiger partial charge in [-0.1, -0.05) is 13.3 Å². The smallest absolute Gasteiger partial charge is 0.152 e. The normalized spacial score (nSPS) is 33.8. The van der Waals surface area contributed by atoms with Crippen molar-refractivity contribution < 1.29 is 24.6 Å². The first-order valence-electron chi connectivity index (χ1n) is 9.80. The van der Waals surface area contributed by atoms with Crippen LogP contribution in [0.1, 0.15) is 60.3 Å². The molecular formula is C19H38N2O4+. The molecule has 25 heavy (non-hydrogen) atoms. The number of piperidine rings is 1. The van der Waals surface area contributed by atoms with Crippen molar-refractivity contribution in [3.05, 3.63) is 0 Å². The molecule has 2 aliphatic heterocycles. The average Bonchev–Trinajstić information content (AvgIpc) is 2.46. The molecule has 2 N–H and O–H groups in total. The highest BCUT2D eigenvalue weighted by Crippen LogP contribution is 2.38. The predicted octanol–water partition coefficient (Wildman–Crippen LogP) is 1.72. The maximum atomic E-state index is 12.4. The second-order valence-corrected chi connectivity index (χ2v) is 9.56. The van der Waals surface area contributed by atoms with Gasteiger partial charge in [0, 0.05) is 11.1 Å². The summed E-state index contributed by atoms with van der Waals surface area (Å²) in [5.41, 5.74) is -0.901. The number of aliphatic hydroxyl groups is 2. The van der Waals surface area contributed by atoms with Gasteiger partial charge in [0.25, 0.3) is 0 Å². The zero-order valence-corrected chi connectivity index (χ0v) is 16.7. The summed E-state index contributed by atoms with van der Waals surface area (Å²) in [6, 6.07) is 0. The third kappa shape index (κ3) is 5.15. The van der Waals surface area contributed by atoms with E-state index in [9.17, 15) is 15.4 Å². The van der Waals surface area contributed by atoms with Crippen molar-refractivity contribution in [2.24, 2.45) is 0 Å². The molecule has 1 atom stereocenters. The number of aliphatic hydroxyl groups excluding tert-OH is 2. The number of hydroxylamine groups is 2. The van der Waals surface area contributed by atoms with Crippen molar-refractivity contribution >= 4 is 0 Å². The van der Waals surface area contributed by atoms with E-state index in [-0.39, 0.29) is 12.2 Å². The summed E-state index contributed by atoms with van der Waals surface area (Å²) in [5.74, 6) is 0. The summed E-state index contributed by atoms with van der Waals surface area (Å²) in [6.07, 6.45) is 2.85. The molecule has 6 nitrogen and oxygen atoms in total. The molecule has 2 fully saturated rings. The third-order valence-electron chi connectivity index (χ3n) is 5.86. The Morgan fingerprint density at radius 1 is 1.20 bits per heavy atom. The quantitative estimate of drug-likeness (QED) is 0.648. The maximum absolute atomic E-state index is 12.4. The monoisotopic (exact) mass is 358 g/mol. The maximum Gasteiger partial charge on any atom is 0.152 e. The molecule has 1 unspecified atom stereocenters. The van der Waals surface area contributed by atoms with Gasteiger partial charge in [-0.2, -0.15) is 0 Å². The van der Waals surface area contributed by atoms with E-state index in [0.29, 0.717) is 26.0 Å². The first kappa shape index (κ1) is 21.1. The van der Waals surface area contributed by atoms with Gasteiger partial charge in [-0.3, -0.25) is 0 Å². The Hall–Kier alpha value is -0.240. The second-order valence-electron chi connectivity index (χ2n) is 9.56. The van der Waals surface area contributed by atoms with E-state index in [1.165, 1.54) is 5.06 Å². The number of quaternary nitrogens is 1. The largest absolute Gasteiger partial charge is 0.385 e. The van der Waals surface area contributed by atoms with E-state index in [1.807, 2.05) is 27.7 Å². The van der Waals surface area contributed by atoms with Crippen molar-refractivity contribution in [1.29, 1.82) is 0 Å². The highest BCUT2D eigenvalue weighted by atomic mass is 16.5. The molecule has 0 aliphatic carbocycles. The van der Waals surface area contributed by atoms with Gasteiger partial charge in [0.05, 0.1) is 19.3 Å². The predicted molar refractivity (Wildman–Crippen MR) is 96.3 cm³/mol. The Bertz CT molecular complexity index is 417. The minimum absolute atomic E-state index is 0.00378. The molecule has 2 rings (SSSR count). The van der Waals surface area contributed by atoms with Crippen LogP contribution in [0, 0.1) is 0 Å². The van der Waals surface area contributed by atoms with Crippen molar-refractivity contribution in [3.63, 3.8) is 0 Å². The molecule has 2 saturated heterocycles. The standard InChI is InChI=1S/C19H38N2O4/c1-6-7-8-21(11-15(22)12-21)13-16(23)14-25-17-9-18(2,3)20(24)19(4,5)10-17/h15-17,22-23H,6-14H2,1-5H3/q+1. The number of ether oxygens (including phenoxy) is 1. The molecule has 6 heteroatoms. The highest BCUT2D eigenvalue weighted by molar-refractivity contribution is 4.96. The van der Waals surface area contributed by atoms with E-state index in [0.717, 1.165) is 37.0 Å². The molecule has 0 spiro atoms. The summed E-state index contributed by atoms with van der Waals surface area (Å²) < 4.78 is 6.82. The molecule has 0 bridgehead atoms. The molecule has 0 amide bonds. The Morgan fingerprint density at radius 3 is 2.24 bits per heavy atom. The molecule has 2 aliphatic rings. The van der Waals surface area contributed by atoms with E-state index in [2.05, 4.69) is 6.92 Å². The third-order valence-corrected chi connectivity index (χ3v) is 5.86. The summed E-state index contributed by atoms with van der Waals surface area (Å²) >= 11 is 0. The van der Waals surface area contributed by atoms with Crippen LogP contribution in [0.2, 0.25) is 0 Å². The molecule has 2 heterocycles. The van der Waals surface area contributed by atoms with Gasteiger partial charge in [-0.05, 0) is 47.0 Å². The fourth-order valence-corrected chi connectivity index (χ4v) is 4.79. The van der Waals surface area contributed by atoms with Gasteiger partial charge in [-0.15, -0.1) is 10.3 Å². The number of likely N-dealkylation sites (tertiary alicyclic amines) is 1. The first-order valence-corrected chi connectivity index (χ1v) is 9.80. The molecule has 1 radical (unpaired) electrons. The number of unbranched alkanes of at least 4 members (excludes halogenated alkanes) is 1. The summed E-state index contributed by atoms with van der Waals surface area (Å²) in [4.78, 5) is 0. The van der Waals surface area contributed by atoms with Gasteiger partial charge in [-0.25, -0.2) is 0 Å². The van der Waals surface area contributed by atoms with E-state index in [4.69, 9.17) is 4.74 Å². The zero-order chi connectivity index (χ0) is 18.9. The van der Waals surface area contributed by atoms with Crippen LogP contribution in [-0.4, -0.2) is 81.9 Å². The van der Waals surface area contributed by atoms with Gasteiger partial charge in [0.1, 0.15) is 25.7 Å². The number of hydrogen-bond donors (Lipinski definition) is 2. The molecule has 0 aromatic carbocycles. The van der Waals surface area contributed by atoms with Gasteiger partial charge in [0.2, 0.25) is 0 Å². The summed E-state index contributed by atoms with van der Waals surface area (Å²) in [7, 11) is 0. The molecular weight excluding hydrogens is 320 g/mol. The molecule has 0 aromatic heterocycles. The van der Waals surface area contributed by atoms with Crippen LogP contribution in [0.25, 0.3) is 0 Å². The van der Waals surface area contributed by atoms with Gasteiger partial charge >= 0.3 is 0 Å². The van der Waals surface area contributed by atoms with Crippen LogP contribution in [0.4, 0.5) is 0 Å². The second kappa shape index (κ2) is 7.79. The van der Waals surface area contributed by atoms with Crippen LogP contribution < -0.4 is 0 Å². The summed E-state index contributed by atoms with van der Waals surface area (Å²) in [5, 5.41) is 33.8. The molecule has 0 aromatic rings. The summed E-state index contributed by atoms with van der Waals surface area (Å²) in [6.45, 7) is 13.4. The van der Waals surface area contributed by atoms with Crippen LogP contribution >= 0.6 is 0 Å². The number of rotatable bonds is 8. The van der Waals surface area contributed by atoms with Gasteiger partial charge in [0.15, 0.2) is 6.10 Å². The first-order chi connectivity index (χ1) is 11.5. The lowest BCUT2D eigenvalue weighted by Crippen LogP contribution is -2.69. The highest BCUT2D eigenvalue weighted by Gasteiger charge is 2.47. The van der Waals surface area contributed by atoms with Crippen molar-refractivity contribution in [2.75, 3.05) is 32.8 Å². The van der Waals surface area contributed by atoms with Crippen LogP contribution in [-0.2, 0) is 9.94 Å². The topological polar surface area (TPSA) is 72.8 Å². The molecule has 0 saturated carbocycles. The van der Waals surface area contributed by atoms with Crippen LogP contribution in [0.15, 0.2) is 0 Å². The average molecular weight is 359 g/mol.